The van der Waals surface area contributed by atoms with Gasteiger partial charge in [-0.3, -0.25) is 22.9 Å². The molecule has 1 aliphatic rings. The van der Waals surface area contributed by atoms with Crippen molar-refractivity contribution in [3.8, 4) is 17.2 Å². The topological polar surface area (TPSA) is 142 Å². The van der Waals surface area contributed by atoms with E-state index in [1.54, 1.807) is 12.1 Å². The van der Waals surface area contributed by atoms with Crippen molar-refractivity contribution in [2.45, 2.75) is 79.8 Å². The van der Waals surface area contributed by atoms with Gasteiger partial charge in [-0.05, 0) is 87.8 Å². The highest BCUT2D eigenvalue weighted by molar-refractivity contribution is 7.49. The van der Waals surface area contributed by atoms with Gasteiger partial charge in [0.15, 0.2) is 11.5 Å². The number of allylic oxidation sites excluding steroid dienone is 5. The minimum Gasteiger partial charge on any atom is -0.508 e. The molecule has 1 heterocycles. The molecule has 0 aromatic heterocycles. The number of nitrogens with zero attached hydrogens (tertiary/aromatic N) is 1. The van der Waals surface area contributed by atoms with E-state index in [-0.39, 0.29) is 72.8 Å². The molecule has 0 saturated heterocycles. The summed E-state index contributed by atoms with van der Waals surface area (Å²) in [6.45, 7) is 7.93. The Kier molecular flexibility index (Phi) is 18.3. The van der Waals surface area contributed by atoms with Gasteiger partial charge in [0.1, 0.15) is 11.4 Å². The van der Waals surface area contributed by atoms with E-state index in [4.69, 9.17) is 27.1 Å². The maximum absolute atomic E-state index is 15.1. The summed E-state index contributed by atoms with van der Waals surface area (Å²) in [5, 5.41) is 14.7. The Morgan fingerprint density at radius 2 is 0.986 bits per heavy atom. The molecule has 70 heavy (non-hydrogen) atoms. The fraction of sp³-hybridized carbons (Fsp3) is 0.232. The second-order valence-corrected chi connectivity index (χ2v) is 20.3. The van der Waals surface area contributed by atoms with E-state index in [0.29, 0.717) is 11.1 Å². The molecule has 364 valence electrons. The van der Waals surface area contributed by atoms with E-state index < -0.39 is 21.6 Å². The first-order chi connectivity index (χ1) is 33.8. The lowest BCUT2D eigenvalue weighted by Gasteiger charge is -2.25. The number of nitrogens with one attached hydrogen (secondary N) is 1. The maximum Gasteiger partial charge on any atom is 0.530 e. The maximum atomic E-state index is 15.1. The van der Waals surface area contributed by atoms with Crippen molar-refractivity contribution < 1.29 is 46.2 Å². The minimum atomic E-state index is -4.55. The molecule has 7 rings (SSSR count). The molecular weight excluding hydrogens is 923 g/mol. The number of hydrogen-bond acceptors (Lipinski definition) is 11. The Hall–Kier alpha value is -6.49. The third-order valence-corrected chi connectivity index (χ3v) is 13.8. The zero-order valence-electron chi connectivity index (χ0n) is 40.0. The minimum absolute atomic E-state index is 0.0514. The van der Waals surface area contributed by atoms with E-state index >= 15 is 4.79 Å². The summed E-state index contributed by atoms with van der Waals surface area (Å²) in [6, 6.07) is 44.1. The third-order valence-electron chi connectivity index (χ3n) is 11.2. The highest BCUT2D eigenvalue weighted by Crippen LogP contribution is 2.58. The van der Waals surface area contributed by atoms with Crippen molar-refractivity contribution in [3.05, 3.63) is 214 Å². The summed E-state index contributed by atoms with van der Waals surface area (Å²) in [7, 11) is -9.02. The van der Waals surface area contributed by atoms with Crippen molar-refractivity contribution in [1.82, 2.24) is 0 Å². The predicted molar refractivity (Wildman–Crippen MR) is 276 cm³/mol. The molecule has 0 radical (unpaired) electrons. The number of phenolic OH excluding ortho intramolecular Hbond substituents is 1. The van der Waals surface area contributed by atoms with E-state index in [2.05, 4.69) is 38.2 Å². The molecule has 0 aliphatic carbocycles. The Morgan fingerprint density at radius 1 is 0.543 bits per heavy atom. The van der Waals surface area contributed by atoms with Crippen LogP contribution in [0.3, 0.4) is 0 Å². The van der Waals surface area contributed by atoms with Gasteiger partial charge in [0.25, 0.3) is 5.91 Å². The smallest absolute Gasteiger partial charge is 0.508 e. The number of aromatic hydroxyl groups is 1. The van der Waals surface area contributed by atoms with Crippen LogP contribution in [0.15, 0.2) is 187 Å². The van der Waals surface area contributed by atoms with Crippen LogP contribution in [0.25, 0.3) is 0 Å². The number of anilines is 3. The molecule has 6 aromatic carbocycles. The molecule has 0 spiro atoms. The molecule has 1 amide bonds. The van der Waals surface area contributed by atoms with Crippen LogP contribution in [0.5, 0.6) is 17.2 Å². The Labute approximate surface area is 411 Å². The third kappa shape index (κ3) is 15.0. The lowest BCUT2D eigenvalue weighted by atomic mass is 10.1. The lowest BCUT2D eigenvalue weighted by Crippen LogP contribution is -2.30. The predicted octanol–water partition coefficient (Wildman–Crippen LogP) is 15.4. The van der Waals surface area contributed by atoms with Gasteiger partial charge < -0.3 is 24.4 Å². The summed E-state index contributed by atoms with van der Waals surface area (Å²) in [5.41, 5.74) is 7.01. The summed E-state index contributed by atoms with van der Waals surface area (Å²) < 4.78 is 66.4. The van der Waals surface area contributed by atoms with Crippen molar-refractivity contribution in [1.29, 1.82) is 0 Å². The van der Waals surface area contributed by atoms with Crippen LogP contribution < -0.4 is 19.3 Å². The summed E-state index contributed by atoms with van der Waals surface area (Å²) in [5.74, 6) is -1.00. The number of rotatable bonds is 24. The number of carbonyl (C=O) groups excluding carboxylic acids is 1. The van der Waals surface area contributed by atoms with E-state index in [0.717, 1.165) is 42.4 Å². The lowest BCUT2D eigenvalue weighted by molar-refractivity contribution is 0.0990. The van der Waals surface area contributed by atoms with Gasteiger partial charge in [-0.15, -0.1) is 0 Å². The first-order valence-corrected chi connectivity index (χ1v) is 26.1. The quantitative estimate of drug-likeness (QED) is 0.0340. The normalized spacial score (nSPS) is 12.9. The van der Waals surface area contributed by atoms with Gasteiger partial charge in [0.05, 0.1) is 43.4 Å². The number of phosphoric acid groups is 2. The molecule has 14 heteroatoms. The molecule has 6 aromatic rings. The number of phosphoric ester groups is 2. The average molecular weight is 983 g/mol. The molecule has 0 bridgehead atoms. The van der Waals surface area contributed by atoms with Crippen LogP contribution in [-0.2, 0) is 53.7 Å². The van der Waals surface area contributed by atoms with Crippen molar-refractivity contribution >= 4 is 38.6 Å². The number of fused-ring (bicyclic) bond motifs is 2. The molecule has 0 unspecified atom stereocenters. The highest BCUT2D eigenvalue weighted by atomic mass is 31.2. The van der Waals surface area contributed by atoms with Crippen LogP contribution in [0.2, 0.25) is 0 Å². The number of benzene rings is 6. The summed E-state index contributed by atoms with van der Waals surface area (Å²) in [4.78, 5) is 16.5. The van der Waals surface area contributed by atoms with Crippen LogP contribution in [0.4, 0.5) is 17.1 Å². The van der Waals surface area contributed by atoms with E-state index in [9.17, 15) is 14.2 Å². The molecule has 0 atom stereocenters. The van der Waals surface area contributed by atoms with E-state index in [1.165, 1.54) is 34.2 Å². The first kappa shape index (κ1) is 51.4. The van der Waals surface area contributed by atoms with Crippen molar-refractivity contribution in [2.75, 3.05) is 16.8 Å². The van der Waals surface area contributed by atoms with Crippen LogP contribution in [-0.4, -0.2) is 17.6 Å². The zero-order chi connectivity index (χ0) is 49.4. The van der Waals surface area contributed by atoms with Gasteiger partial charge in [-0.1, -0.05) is 162 Å². The molecule has 12 nitrogen and oxygen atoms in total. The van der Waals surface area contributed by atoms with Crippen LogP contribution >= 0.6 is 15.6 Å². The van der Waals surface area contributed by atoms with Gasteiger partial charge in [-0.2, -0.15) is 0 Å². The summed E-state index contributed by atoms with van der Waals surface area (Å²) >= 11 is 0. The number of hydrogen-bond donors (Lipinski definition) is 2. The SMILES string of the molecule is CC(C)=CCC/C(C)=C/CC/C(C)=C/CN1C(=O)c2cccc(OP(=O)(OCc3ccccc3)OCc3ccccc3)c2Nc2c(OP(=O)(OCc3ccccc3)OCc3ccccc3)cc(O)cc21. The monoisotopic (exact) mass is 982 g/mol. The number of para-hydroxylation sites is 1. The fourth-order valence-corrected chi connectivity index (χ4v) is 9.76. The highest BCUT2D eigenvalue weighted by Gasteiger charge is 2.37. The molecule has 2 N–H and O–H groups in total. The Balaban J connectivity index is 1.27. The standard InChI is InChI=1S/C56H60N2O10P2/c1-42(2)20-17-21-43(3)22-18-23-44(4)34-35-58-51-36-49(59)37-53(68-70(62,65-40-47-28-13-7-14-29-47)66-41-48-30-15-8-16-31-48)55(51)57-54-50(56(58)60)32-19-33-52(54)67-69(61,63-38-45-24-9-5-10-25-45)64-39-46-26-11-6-12-27-46/h5-16,19-20,22,24-34,36-37,57,59H,17-18,21,23,35,38-41H2,1-4H3/b43-22+,44-34+. The summed E-state index contributed by atoms with van der Waals surface area (Å²) in [6.07, 6.45) is 9.98. The number of phenols is 1. The van der Waals surface area contributed by atoms with Crippen molar-refractivity contribution in [2.24, 2.45) is 0 Å². The van der Waals surface area contributed by atoms with Crippen LogP contribution in [0, 0.1) is 0 Å². The molecule has 0 fully saturated rings. The molecule has 0 saturated carbocycles. The first-order valence-electron chi connectivity index (χ1n) is 23.2. The number of amides is 1. The largest absolute Gasteiger partial charge is 0.530 e. The second-order valence-electron chi connectivity index (χ2n) is 17.1. The zero-order valence-corrected chi connectivity index (χ0v) is 41.8. The van der Waals surface area contributed by atoms with Gasteiger partial charge >= 0.3 is 15.6 Å². The second kappa shape index (κ2) is 24.9. The van der Waals surface area contributed by atoms with Crippen LogP contribution in [0.1, 0.15) is 86.0 Å². The number of carbonyl (C=O) groups is 1. The Bertz CT molecular complexity index is 2780. The van der Waals surface area contributed by atoms with Crippen molar-refractivity contribution in [3.63, 3.8) is 0 Å². The average Bonchev–Trinajstić information content (AvgIpc) is 3.48. The van der Waals surface area contributed by atoms with E-state index in [1.807, 2.05) is 134 Å². The van der Waals surface area contributed by atoms with Gasteiger partial charge in [0, 0.05) is 18.7 Å². The fourth-order valence-electron chi connectivity index (χ4n) is 7.39. The van der Waals surface area contributed by atoms with Gasteiger partial charge in [-0.25, -0.2) is 9.13 Å². The molecular formula is C56H60N2O10P2. The van der Waals surface area contributed by atoms with Gasteiger partial charge in [0.2, 0.25) is 0 Å². The molecule has 1 aliphatic heterocycles. The Morgan fingerprint density at radius 3 is 1.46 bits per heavy atom.